The Labute approximate surface area is 89.4 Å². The van der Waals surface area contributed by atoms with Crippen molar-refractivity contribution in [3.63, 3.8) is 0 Å². The van der Waals surface area contributed by atoms with Crippen molar-refractivity contribution in [2.24, 2.45) is 0 Å². The van der Waals surface area contributed by atoms with Crippen molar-refractivity contribution < 1.29 is 19.2 Å². The van der Waals surface area contributed by atoms with Gasteiger partial charge in [0.05, 0.1) is 0 Å². The van der Waals surface area contributed by atoms with Crippen molar-refractivity contribution in [1.82, 2.24) is 10.6 Å². The molecule has 0 spiro atoms. The molecule has 0 aromatic heterocycles. The largest absolute Gasteiger partial charge is 0.289 e. The summed E-state index contributed by atoms with van der Waals surface area (Å²) in [5.74, 6) is -1.31. The van der Waals surface area contributed by atoms with Gasteiger partial charge in [0.2, 0.25) is 0 Å². The highest BCUT2D eigenvalue weighted by Crippen LogP contribution is 1.83. The topological polar surface area (TPSA) is 92.3 Å². The average Bonchev–Trinajstić information content (AvgIpc) is 2.63. The predicted octanol–water partition coefficient (Wildman–Crippen LogP) is -1.98. The van der Waals surface area contributed by atoms with Crippen LogP contribution in [0.3, 0.4) is 0 Å². The van der Waals surface area contributed by atoms with E-state index in [0.29, 0.717) is 0 Å². The zero-order chi connectivity index (χ0) is 10.6. The Morgan fingerprint density at radius 1 is 0.600 bits per heavy atom. The molecule has 15 heavy (non-hydrogen) atoms. The molecule has 0 aromatic carbocycles. The van der Waals surface area contributed by atoms with Gasteiger partial charge in [0, 0.05) is 35.3 Å². The van der Waals surface area contributed by atoms with Gasteiger partial charge in [0.25, 0.3) is 23.6 Å². The van der Waals surface area contributed by atoms with Crippen molar-refractivity contribution >= 4 is 34.6 Å². The number of carbonyl (C=O) groups is 4. The van der Waals surface area contributed by atoms with Crippen molar-refractivity contribution in [3.8, 4) is 0 Å². The van der Waals surface area contributed by atoms with Gasteiger partial charge in [-0.05, 0) is 0 Å². The molecule has 0 saturated carbocycles. The second-order valence-electron chi connectivity index (χ2n) is 2.37. The zero-order valence-corrected chi connectivity index (χ0v) is 8.44. The Kier molecular flexibility index (Phi) is 4.89. The van der Waals surface area contributed by atoms with Crippen LogP contribution in [0.25, 0.3) is 0 Å². The summed E-state index contributed by atoms with van der Waals surface area (Å²) in [5, 5.41) is 4.06. The van der Waals surface area contributed by atoms with Crippen molar-refractivity contribution in [1.29, 1.82) is 0 Å². The normalized spacial score (nSPS) is 16.5. The molecule has 2 aliphatic heterocycles. The highest BCUT2D eigenvalue weighted by atomic mass is 28.1. The van der Waals surface area contributed by atoms with Crippen LogP contribution >= 0.6 is 0 Å². The Bertz CT molecular complexity index is 305. The van der Waals surface area contributed by atoms with E-state index in [2.05, 4.69) is 0 Å². The molecule has 0 aliphatic carbocycles. The number of hydrogen-bond donors (Lipinski definition) is 2. The molecule has 0 atom stereocenters. The smallest absolute Gasteiger partial charge is 0.250 e. The monoisotopic (exact) mass is 222 g/mol. The van der Waals surface area contributed by atoms with Crippen molar-refractivity contribution in [2.45, 2.75) is 0 Å². The van der Waals surface area contributed by atoms with Crippen LogP contribution in [0, 0.1) is 0 Å². The fraction of sp³-hybridized carbons (Fsp3) is 0. The summed E-state index contributed by atoms with van der Waals surface area (Å²) in [6.07, 6.45) is 4.79. The Balaban J connectivity index is 0.000000245. The summed E-state index contributed by atoms with van der Waals surface area (Å²) in [4.78, 5) is 40.1. The van der Waals surface area contributed by atoms with Crippen LogP contribution in [0.5, 0.6) is 0 Å². The van der Waals surface area contributed by atoms with E-state index in [9.17, 15) is 19.2 Å². The first-order valence-corrected chi connectivity index (χ1v) is 3.64. The van der Waals surface area contributed by atoms with Crippen LogP contribution < -0.4 is 10.6 Å². The van der Waals surface area contributed by atoms with E-state index in [0.717, 1.165) is 0 Å². The quantitative estimate of drug-likeness (QED) is 0.367. The van der Waals surface area contributed by atoms with Gasteiger partial charge in [-0.15, -0.1) is 0 Å². The summed E-state index contributed by atoms with van der Waals surface area (Å²) in [5.41, 5.74) is 0. The van der Waals surface area contributed by atoms with E-state index in [1.807, 2.05) is 10.6 Å². The maximum absolute atomic E-state index is 10.0. The maximum atomic E-state index is 10.0. The van der Waals surface area contributed by atoms with Crippen LogP contribution in [-0.4, -0.2) is 34.6 Å². The minimum absolute atomic E-state index is 0. The lowest BCUT2D eigenvalue weighted by molar-refractivity contribution is -0.125. The lowest BCUT2D eigenvalue weighted by Gasteiger charge is -1.80. The zero-order valence-electron chi connectivity index (χ0n) is 7.44. The standard InChI is InChI=1S/2C4H3NO2.Si/c2*6-3-1-2-4(7)5-3;/h2*1-2H,(H,5,6,7);. The summed E-state index contributed by atoms with van der Waals surface area (Å²) >= 11 is 0. The third kappa shape index (κ3) is 4.67. The van der Waals surface area contributed by atoms with E-state index in [1.54, 1.807) is 0 Å². The molecule has 0 bridgehead atoms. The van der Waals surface area contributed by atoms with Gasteiger partial charge < -0.3 is 0 Å². The second kappa shape index (κ2) is 5.65. The number of hydrogen-bond acceptors (Lipinski definition) is 4. The SMILES string of the molecule is O=C1C=CC(=O)N1.O=C1C=CC(=O)N1.[Si]. The first-order chi connectivity index (χ1) is 6.58. The molecule has 0 fully saturated rings. The summed E-state index contributed by atoms with van der Waals surface area (Å²) in [6, 6.07) is 0. The molecular weight excluding hydrogens is 216 g/mol. The Morgan fingerprint density at radius 2 is 0.800 bits per heavy atom. The first-order valence-electron chi connectivity index (χ1n) is 3.64. The molecule has 0 unspecified atom stereocenters. The van der Waals surface area contributed by atoms with Crippen LogP contribution in [0.15, 0.2) is 24.3 Å². The maximum Gasteiger partial charge on any atom is 0.250 e. The molecule has 4 amide bonds. The van der Waals surface area contributed by atoms with E-state index < -0.39 is 0 Å². The average molecular weight is 222 g/mol. The molecule has 0 aromatic rings. The van der Waals surface area contributed by atoms with Crippen LogP contribution in [-0.2, 0) is 19.2 Å². The van der Waals surface area contributed by atoms with Crippen LogP contribution in [0.2, 0.25) is 0 Å². The second-order valence-corrected chi connectivity index (χ2v) is 2.37. The predicted molar refractivity (Wildman–Crippen MR) is 50.3 cm³/mol. The third-order valence-corrected chi connectivity index (χ3v) is 1.26. The number of nitrogens with one attached hydrogen (secondary N) is 2. The summed E-state index contributed by atoms with van der Waals surface area (Å²) < 4.78 is 0. The van der Waals surface area contributed by atoms with Crippen molar-refractivity contribution in [3.05, 3.63) is 24.3 Å². The molecule has 2 N–H and O–H groups in total. The lowest BCUT2D eigenvalue weighted by Crippen LogP contribution is -2.19. The van der Waals surface area contributed by atoms with Gasteiger partial charge in [-0.1, -0.05) is 0 Å². The third-order valence-electron chi connectivity index (χ3n) is 1.26. The van der Waals surface area contributed by atoms with Gasteiger partial charge >= 0.3 is 0 Å². The minimum atomic E-state index is -0.329. The van der Waals surface area contributed by atoms with Crippen LogP contribution in [0.4, 0.5) is 0 Å². The van der Waals surface area contributed by atoms with E-state index in [4.69, 9.17) is 0 Å². The van der Waals surface area contributed by atoms with E-state index in [1.165, 1.54) is 24.3 Å². The summed E-state index contributed by atoms with van der Waals surface area (Å²) in [7, 11) is 0. The minimum Gasteiger partial charge on any atom is -0.289 e. The molecule has 7 heteroatoms. The van der Waals surface area contributed by atoms with Gasteiger partial charge in [-0.25, -0.2) is 0 Å². The van der Waals surface area contributed by atoms with Gasteiger partial charge in [0.15, 0.2) is 0 Å². The fourth-order valence-electron chi connectivity index (χ4n) is 0.712. The Morgan fingerprint density at radius 3 is 0.867 bits per heavy atom. The van der Waals surface area contributed by atoms with E-state index in [-0.39, 0.29) is 34.6 Å². The first kappa shape index (κ1) is 13.0. The fourth-order valence-corrected chi connectivity index (χ4v) is 0.712. The van der Waals surface area contributed by atoms with Crippen LogP contribution in [0.1, 0.15) is 0 Å². The molecular formula is C8H6N2O4Si. The number of imide groups is 2. The molecule has 2 aliphatic rings. The van der Waals surface area contributed by atoms with Crippen molar-refractivity contribution in [2.75, 3.05) is 0 Å². The van der Waals surface area contributed by atoms with Gasteiger partial charge in [-0.2, -0.15) is 0 Å². The molecule has 2 rings (SSSR count). The van der Waals surface area contributed by atoms with Gasteiger partial charge in [-0.3, -0.25) is 29.8 Å². The molecule has 4 radical (unpaired) electrons. The molecule has 0 saturated heterocycles. The highest BCUT2D eigenvalue weighted by Gasteiger charge is 2.07. The molecule has 6 nitrogen and oxygen atoms in total. The number of rotatable bonds is 0. The number of carbonyl (C=O) groups excluding carboxylic acids is 4. The summed E-state index contributed by atoms with van der Waals surface area (Å²) in [6.45, 7) is 0. The number of amides is 4. The van der Waals surface area contributed by atoms with E-state index >= 15 is 0 Å². The Hall–Kier alpha value is -2.02. The molecule has 2 heterocycles. The van der Waals surface area contributed by atoms with Gasteiger partial charge in [0.1, 0.15) is 0 Å². The highest BCUT2D eigenvalue weighted by molar-refractivity contribution is 6.13. The lowest BCUT2D eigenvalue weighted by atomic mass is 10.6. The molecule has 76 valence electrons.